The van der Waals surface area contributed by atoms with Crippen LogP contribution in [-0.2, 0) is 4.79 Å². The van der Waals surface area contributed by atoms with Crippen LogP contribution in [-0.4, -0.2) is 28.7 Å². The van der Waals surface area contributed by atoms with Crippen LogP contribution in [0.1, 0.15) is 11.3 Å². The van der Waals surface area contributed by atoms with Crippen molar-refractivity contribution in [2.75, 3.05) is 6.61 Å². The summed E-state index contributed by atoms with van der Waals surface area (Å²) in [5.41, 5.74) is 6.09. The fourth-order valence-electron chi connectivity index (χ4n) is 2.94. The van der Waals surface area contributed by atoms with E-state index < -0.39 is 0 Å². The van der Waals surface area contributed by atoms with Crippen LogP contribution in [0, 0.1) is 6.92 Å². The summed E-state index contributed by atoms with van der Waals surface area (Å²) >= 11 is 0. The van der Waals surface area contributed by atoms with Crippen molar-refractivity contribution < 1.29 is 9.53 Å². The highest BCUT2D eigenvalue weighted by molar-refractivity contribution is 5.99. The van der Waals surface area contributed by atoms with Crippen LogP contribution in [0.25, 0.3) is 21.8 Å². The summed E-state index contributed by atoms with van der Waals surface area (Å²) in [6.45, 7) is 1.77. The number of aromatic amines is 1. The second-order valence-electron chi connectivity index (χ2n) is 6.15. The van der Waals surface area contributed by atoms with Crippen LogP contribution >= 0.6 is 0 Å². The lowest BCUT2D eigenvalue weighted by Gasteiger charge is -2.09. The number of ether oxygens (including phenoxy) is 1. The van der Waals surface area contributed by atoms with Crippen LogP contribution in [0.4, 0.5) is 0 Å². The third-order valence-electron chi connectivity index (χ3n) is 4.18. The number of benzene rings is 2. The van der Waals surface area contributed by atoms with Crippen LogP contribution in [0.5, 0.6) is 5.75 Å². The maximum Gasteiger partial charge on any atom is 0.277 e. The number of hydrazone groups is 1. The van der Waals surface area contributed by atoms with E-state index in [1.54, 1.807) is 6.21 Å². The number of carbonyl (C=O) groups is 1. The van der Waals surface area contributed by atoms with Crippen molar-refractivity contribution in [3.05, 3.63) is 72.1 Å². The van der Waals surface area contributed by atoms with Crippen molar-refractivity contribution in [2.45, 2.75) is 6.92 Å². The molecule has 134 valence electrons. The number of aromatic nitrogens is 2. The summed E-state index contributed by atoms with van der Waals surface area (Å²) in [6.07, 6.45) is 3.46. The van der Waals surface area contributed by atoms with Gasteiger partial charge >= 0.3 is 0 Å². The highest BCUT2D eigenvalue weighted by Crippen LogP contribution is 2.25. The van der Waals surface area contributed by atoms with Crippen molar-refractivity contribution >= 4 is 33.9 Å². The molecule has 0 aliphatic heterocycles. The summed E-state index contributed by atoms with van der Waals surface area (Å²) in [5.74, 6) is 0.304. The van der Waals surface area contributed by atoms with Gasteiger partial charge in [-0.3, -0.25) is 9.78 Å². The molecule has 2 N–H and O–H groups in total. The van der Waals surface area contributed by atoms with E-state index in [0.29, 0.717) is 5.75 Å². The van der Waals surface area contributed by atoms with Crippen molar-refractivity contribution in [3.63, 3.8) is 0 Å². The van der Waals surface area contributed by atoms with Crippen molar-refractivity contribution in [3.8, 4) is 5.75 Å². The molecular formula is C21H18N4O2. The molecule has 0 bridgehead atoms. The normalized spacial score (nSPS) is 11.3. The van der Waals surface area contributed by atoms with E-state index in [9.17, 15) is 4.79 Å². The SMILES string of the molecule is Cc1cc(OCC(=O)NN=Cc2c[nH]c3ccccc23)c2ccccc2n1. The summed E-state index contributed by atoms with van der Waals surface area (Å²) < 4.78 is 5.69. The van der Waals surface area contributed by atoms with Gasteiger partial charge in [0.1, 0.15) is 5.75 Å². The van der Waals surface area contributed by atoms with Gasteiger partial charge in [0, 0.05) is 39.8 Å². The fourth-order valence-corrected chi connectivity index (χ4v) is 2.94. The Morgan fingerprint density at radius 3 is 2.85 bits per heavy atom. The quantitative estimate of drug-likeness (QED) is 0.423. The largest absolute Gasteiger partial charge is 0.483 e. The smallest absolute Gasteiger partial charge is 0.277 e. The highest BCUT2D eigenvalue weighted by Gasteiger charge is 2.07. The molecule has 27 heavy (non-hydrogen) atoms. The molecule has 6 nitrogen and oxygen atoms in total. The van der Waals surface area contributed by atoms with E-state index in [2.05, 4.69) is 20.5 Å². The lowest BCUT2D eigenvalue weighted by molar-refractivity contribution is -0.123. The van der Waals surface area contributed by atoms with Crippen LogP contribution in [0.3, 0.4) is 0 Å². The molecule has 2 aromatic heterocycles. The second-order valence-corrected chi connectivity index (χ2v) is 6.15. The Kier molecular flexibility index (Phi) is 4.53. The zero-order chi connectivity index (χ0) is 18.6. The summed E-state index contributed by atoms with van der Waals surface area (Å²) in [7, 11) is 0. The lowest BCUT2D eigenvalue weighted by Crippen LogP contribution is -2.24. The molecular weight excluding hydrogens is 340 g/mol. The molecule has 2 heterocycles. The van der Waals surface area contributed by atoms with Gasteiger partial charge in [-0.15, -0.1) is 0 Å². The van der Waals surface area contributed by atoms with Gasteiger partial charge in [0.15, 0.2) is 6.61 Å². The van der Waals surface area contributed by atoms with E-state index in [1.807, 2.05) is 67.7 Å². The third kappa shape index (κ3) is 3.64. The van der Waals surface area contributed by atoms with E-state index in [4.69, 9.17) is 4.74 Å². The molecule has 4 rings (SSSR count). The fraction of sp³-hybridized carbons (Fsp3) is 0.0952. The number of nitrogens with zero attached hydrogens (tertiary/aromatic N) is 2. The summed E-state index contributed by atoms with van der Waals surface area (Å²) in [6, 6.07) is 17.4. The number of hydrogen-bond acceptors (Lipinski definition) is 4. The van der Waals surface area contributed by atoms with Crippen molar-refractivity contribution in [1.29, 1.82) is 0 Å². The van der Waals surface area contributed by atoms with Crippen molar-refractivity contribution in [2.24, 2.45) is 5.10 Å². The number of H-pyrrole nitrogens is 1. The molecule has 6 heteroatoms. The maximum atomic E-state index is 12.1. The molecule has 2 aromatic carbocycles. The standard InChI is InChI=1S/C21H18N4O2/c1-14-10-20(17-7-3-5-9-19(17)24-14)27-13-21(26)25-23-12-15-11-22-18-8-4-2-6-16(15)18/h2-12,22H,13H2,1H3,(H,25,26). The molecule has 0 saturated carbocycles. The molecule has 4 aromatic rings. The average molecular weight is 358 g/mol. The number of hydrogen-bond donors (Lipinski definition) is 2. The zero-order valence-corrected chi connectivity index (χ0v) is 14.8. The van der Waals surface area contributed by atoms with Crippen LogP contribution in [0.2, 0.25) is 0 Å². The monoisotopic (exact) mass is 358 g/mol. The Hall–Kier alpha value is -3.67. The zero-order valence-electron chi connectivity index (χ0n) is 14.8. The van der Waals surface area contributed by atoms with E-state index in [-0.39, 0.29) is 12.5 Å². The first-order valence-corrected chi connectivity index (χ1v) is 8.58. The average Bonchev–Trinajstić information content (AvgIpc) is 3.09. The van der Waals surface area contributed by atoms with Gasteiger partial charge in [-0.25, -0.2) is 5.43 Å². The third-order valence-corrected chi connectivity index (χ3v) is 4.18. The Morgan fingerprint density at radius 2 is 1.96 bits per heavy atom. The minimum Gasteiger partial charge on any atom is -0.483 e. The predicted molar refractivity (Wildman–Crippen MR) is 106 cm³/mol. The predicted octanol–water partition coefficient (Wildman–Crippen LogP) is 3.55. The number of pyridine rings is 1. The number of carbonyl (C=O) groups excluding carboxylic acids is 1. The lowest BCUT2D eigenvalue weighted by atomic mass is 10.2. The second kappa shape index (κ2) is 7.29. The van der Waals surface area contributed by atoms with Gasteiger partial charge < -0.3 is 9.72 Å². The van der Waals surface area contributed by atoms with Gasteiger partial charge in [0.25, 0.3) is 5.91 Å². The number of amides is 1. The number of fused-ring (bicyclic) bond motifs is 2. The molecule has 0 fully saturated rings. The Labute approximate surface area is 155 Å². The van der Waals surface area contributed by atoms with Gasteiger partial charge in [-0.1, -0.05) is 30.3 Å². The van der Waals surface area contributed by atoms with Crippen molar-refractivity contribution in [1.82, 2.24) is 15.4 Å². The topological polar surface area (TPSA) is 79.4 Å². The minimum atomic E-state index is -0.329. The molecule has 0 aliphatic rings. The first-order chi connectivity index (χ1) is 13.2. The van der Waals surface area contributed by atoms with Gasteiger partial charge in [0.2, 0.25) is 0 Å². The Balaban J connectivity index is 1.40. The molecule has 1 amide bonds. The van der Waals surface area contributed by atoms with Crippen LogP contribution in [0.15, 0.2) is 65.9 Å². The molecule has 0 aliphatic carbocycles. The van der Waals surface area contributed by atoms with Crippen LogP contribution < -0.4 is 10.2 Å². The number of rotatable bonds is 5. The molecule has 0 radical (unpaired) electrons. The summed E-state index contributed by atoms with van der Waals surface area (Å²) in [5, 5.41) is 5.94. The van der Waals surface area contributed by atoms with Gasteiger partial charge in [-0.2, -0.15) is 5.10 Å². The Bertz CT molecular complexity index is 1150. The number of para-hydroxylation sites is 2. The Morgan fingerprint density at radius 1 is 1.19 bits per heavy atom. The van der Waals surface area contributed by atoms with Gasteiger partial charge in [0.05, 0.1) is 11.7 Å². The maximum absolute atomic E-state index is 12.1. The first kappa shape index (κ1) is 16.8. The molecule has 0 unspecified atom stereocenters. The number of nitrogens with one attached hydrogen (secondary N) is 2. The highest BCUT2D eigenvalue weighted by atomic mass is 16.5. The van der Waals surface area contributed by atoms with Gasteiger partial charge in [-0.05, 0) is 25.1 Å². The molecule has 0 atom stereocenters. The molecule has 0 spiro atoms. The minimum absolute atomic E-state index is 0.126. The van der Waals surface area contributed by atoms with E-state index in [1.165, 1.54) is 0 Å². The van der Waals surface area contributed by atoms with E-state index in [0.717, 1.165) is 33.1 Å². The van der Waals surface area contributed by atoms with E-state index >= 15 is 0 Å². The first-order valence-electron chi connectivity index (χ1n) is 8.58. The number of aryl methyl sites for hydroxylation is 1. The molecule has 0 saturated heterocycles. The summed E-state index contributed by atoms with van der Waals surface area (Å²) in [4.78, 5) is 19.7.